The van der Waals surface area contributed by atoms with Crippen LogP contribution in [0.2, 0.25) is 0 Å². The fraction of sp³-hybridized carbons (Fsp3) is 0.182. The number of hydrogen-bond donors (Lipinski definition) is 0. The zero-order valence-electron chi connectivity index (χ0n) is 14.7. The molecular weight excluding hydrogens is 324 g/mol. The van der Waals surface area contributed by atoms with Gasteiger partial charge in [-0.2, -0.15) is 5.26 Å². The number of hydrogen-bond acceptors (Lipinski definition) is 3. The average Bonchev–Trinajstić information content (AvgIpc) is 3.10. The molecular formula is C22H20N2O2. The van der Waals surface area contributed by atoms with Crippen LogP contribution in [0.25, 0.3) is 16.6 Å². The van der Waals surface area contributed by atoms with Crippen LogP contribution in [0.15, 0.2) is 61.3 Å². The Morgan fingerprint density at radius 3 is 2.88 bits per heavy atom. The topological polar surface area (TPSA) is 55.0 Å². The molecule has 0 unspecified atom stereocenters. The second-order valence-electron chi connectivity index (χ2n) is 6.06. The largest absolute Gasteiger partial charge is 0.462 e. The molecule has 1 heterocycles. The Morgan fingerprint density at radius 1 is 1.31 bits per heavy atom. The third-order valence-electron chi connectivity index (χ3n) is 4.14. The number of benzene rings is 2. The predicted molar refractivity (Wildman–Crippen MR) is 102 cm³/mol. The van der Waals surface area contributed by atoms with Crippen molar-refractivity contribution in [3.63, 3.8) is 0 Å². The highest BCUT2D eigenvalue weighted by Gasteiger charge is 2.12. The van der Waals surface area contributed by atoms with Crippen molar-refractivity contribution in [1.29, 1.82) is 5.26 Å². The lowest BCUT2D eigenvalue weighted by molar-refractivity contribution is 0.0505. The Kier molecular flexibility index (Phi) is 5.19. The SMILES string of the molecule is C=CCc1cc(C#N)c2c(ccn2-c2cccc(C(=O)OCCC)c2)c1. The molecule has 0 fully saturated rings. The van der Waals surface area contributed by atoms with Crippen molar-refractivity contribution in [2.45, 2.75) is 19.8 Å². The lowest BCUT2D eigenvalue weighted by atomic mass is 10.0. The third-order valence-corrected chi connectivity index (χ3v) is 4.14. The standard InChI is InChI=1S/C22H20N2O2/c1-3-6-16-12-17-9-10-24(21(17)19(13-16)15-23)20-8-5-7-18(14-20)22(25)26-11-4-2/h3,5,7-10,12-14H,1,4,6,11H2,2H3. The van der Waals surface area contributed by atoms with Crippen LogP contribution >= 0.6 is 0 Å². The van der Waals surface area contributed by atoms with Crippen molar-refractivity contribution in [3.8, 4) is 11.8 Å². The summed E-state index contributed by atoms with van der Waals surface area (Å²) in [5, 5.41) is 10.6. The van der Waals surface area contributed by atoms with E-state index in [0.29, 0.717) is 24.2 Å². The summed E-state index contributed by atoms with van der Waals surface area (Å²) in [5.41, 5.74) is 3.81. The molecule has 0 aliphatic heterocycles. The van der Waals surface area contributed by atoms with Gasteiger partial charge in [-0.1, -0.05) is 19.1 Å². The van der Waals surface area contributed by atoms with Crippen LogP contribution in [0.5, 0.6) is 0 Å². The molecule has 26 heavy (non-hydrogen) atoms. The van der Waals surface area contributed by atoms with E-state index in [1.165, 1.54) is 0 Å². The van der Waals surface area contributed by atoms with Gasteiger partial charge in [-0.25, -0.2) is 4.79 Å². The van der Waals surface area contributed by atoms with Crippen molar-refractivity contribution >= 4 is 16.9 Å². The molecule has 130 valence electrons. The van der Waals surface area contributed by atoms with Gasteiger partial charge in [0.15, 0.2) is 0 Å². The van der Waals surface area contributed by atoms with E-state index < -0.39 is 0 Å². The van der Waals surface area contributed by atoms with Crippen LogP contribution in [-0.4, -0.2) is 17.1 Å². The Hall–Kier alpha value is -3.32. The second kappa shape index (κ2) is 7.71. The lowest BCUT2D eigenvalue weighted by Gasteiger charge is -2.10. The first-order valence-corrected chi connectivity index (χ1v) is 8.60. The Balaban J connectivity index is 2.07. The van der Waals surface area contributed by atoms with E-state index in [-0.39, 0.29) is 5.97 Å². The molecule has 0 N–H and O–H groups in total. The van der Waals surface area contributed by atoms with Gasteiger partial charge in [-0.05, 0) is 54.8 Å². The first-order valence-electron chi connectivity index (χ1n) is 8.60. The van der Waals surface area contributed by atoms with Gasteiger partial charge in [0.2, 0.25) is 0 Å². The number of fused-ring (bicyclic) bond motifs is 1. The Morgan fingerprint density at radius 2 is 2.15 bits per heavy atom. The third kappa shape index (κ3) is 3.38. The zero-order valence-corrected chi connectivity index (χ0v) is 14.7. The van der Waals surface area contributed by atoms with Crippen molar-refractivity contribution in [2.75, 3.05) is 6.61 Å². The Bertz CT molecular complexity index is 1010. The summed E-state index contributed by atoms with van der Waals surface area (Å²) in [6.07, 6.45) is 5.24. The van der Waals surface area contributed by atoms with Crippen molar-refractivity contribution in [3.05, 3.63) is 78.0 Å². The van der Waals surface area contributed by atoms with Crippen molar-refractivity contribution < 1.29 is 9.53 Å². The van der Waals surface area contributed by atoms with E-state index >= 15 is 0 Å². The van der Waals surface area contributed by atoms with Crippen LogP contribution in [-0.2, 0) is 11.2 Å². The molecule has 4 nitrogen and oxygen atoms in total. The summed E-state index contributed by atoms with van der Waals surface area (Å²) >= 11 is 0. The van der Waals surface area contributed by atoms with Crippen LogP contribution in [0.3, 0.4) is 0 Å². The maximum atomic E-state index is 12.1. The smallest absolute Gasteiger partial charge is 0.338 e. The van der Waals surface area contributed by atoms with Crippen molar-refractivity contribution in [2.24, 2.45) is 0 Å². The second-order valence-corrected chi connectivity index (χ2v) is 6.06. The molecule has 2 aromatic carbocycles. The minimum atomic E-state index is -0.334. The summed E-state index contributed by atoms with van der Waals surface area (Å²) in [7, 11) is 0. The number of carbonyl (C=O) groups excluding carboxylic acids is 1. The minimum Gasteiger partial charge on any atom is -0.462 e. The molecule has 3 aromatic rings. The summed E-state index contributed by atoms with van der Waals surface area (Å²) in [5.74, 6) is -0.334. The van der Waals surface area contributed by atoms with Crippen LogP contribution in [0.4, 0.5) is 0 Å². The molecule has 0 amide bonds. The summed E-state index contributed by atoms with van der Waals surface area (Å²) < 4.78 is 7.15. The molecule has 1 aromatic heterocycles. The highest BCUT2D eigenvalue weighted by molar-refractivity contribution is 5.91. The molecule has 0 aliphatic rings. The van der Waals surface area contributed by atoms with Crippen molar-refractivity contribution in [1.82, 2.24) is 4.57 Å². The van der Waals surface area contributed by atoms with E-state index in [2.05, 4.69) is 18.7 Å². The summed E-state index contributed by atoms with van der Waals surface area (Å²) in [6, 6.07) is 15.5. The minimum absolute atomic E-state index is 0.334. The number of carbonyl (C=O) groups is 1. The van der Waals surface area contributed by atoms with Gasteiger partial charge in [0.1, 0.15) is 6.07 Å². The quantitative estimate of drug-likeness (QED) is 0.477. The highest BCUT2D eigenvalue weighted by atomic mass is 16.5. The van der Waals surface area contributed by atoms with E-state index in [1.807, 2.05) is 48.0 Å². The molecule has 0 atom stereocenters. The van der Waals surface area contributed by atoms with Crippen LogP contribution < -0.4 is 0 Å². The Labute approximate surface area is 152 Å². The molecule has 0 radical (unpaired) electrons. The lowest BCUT2D eigenvalue weighted by Crippen LogP contribution is -2.06. The number of allylic oxidation sites excluding steroid dienone is 1. The maximum absolute atomic E-state index is 12.1. The number of nitriles is 1. The average molecular weight is 344 g/mol. The molecule has 3 rings (SSSR count). The van der Waals surface area contributed by atoms with Gasteiger partial charge in [0.25, 0.3) is 0 Å². The normalized spacial score (nSPS) is 10.5. The fourth-order valence-electron chi connectivity index (χ4n) is 2.99. The van der Waals surface area contributed by atoms with E-state index in [0.717, 1.165) is 28.6 Å². The van der Waals surface area contributed by atoms with Crippen LogP contribution in [0, 0.1) is 11.3 Å². The molecule has 4 heteroatoms. The van der Waals surface area contributed by atoms with Gasteiger partial charge in [0, 0.05) is 17.3 Å². The number of aromatic nitrogens is 1. The first kappa shape index (κ1) is 17.5. The molecule has 0 bridgehead atoms. The highest BCUT2D eigenvalue weighted by Crippen LogP contribution is 2.26. The molecule has 0 spiro atoms. The predicted octanol–water partition coefficient (Wildman–Crippen LogP) is 4.80. The van der Waals surface area contributed by atoms with Crippen LogP contribution in [0.1, 0.15) is 34.8 Å². The van der Waals surface area contributed by atoms with E-state index in [9.17, 15) is 10.1 Å². The number of nitrogens with zero attached hydrogens (tertiary/aromatic N) is 2. The van der Waals surface area contributed by atoms with Gasteiger partial charge in [-0.3, -0.25) is 0 Å². The maximum Gasteiger partial charge on any atom is 0.338 e. The van der Waals surface area contributed by atoms with E-state index in [1.54, 1.807) is 12.1 Å². The molecule has 0 saturated carbocycles. The summed E-state index contributed by atoms with van der Waals surface area (Å²) in [4.78, 5) is 12.1. The molecule has 0 aliphatic carbocycles. The number of ether oxygens (including phenoxy) is 1. The van der Waals surface area contributed by atoms with Gasteiger partial charge in [0.05, 0.1) is 23.3 Å². The first-order chi connectivity index (χ1) is 12.7. The van der Waals surface area contributed by atoms with Gasteiger partial charge >= 0.3 is 5.97 Å². The van der Waals surface area contributed by atoms with Gasteiger partial charge in [-0.15, -0.1) is 6.58 Å². The monoisotopic (exact) mass is 344 g/mol. The van der Waals surface area contributed by atoms with Gasteiger partial charge < -0.3 is 9.30 Å². The van der Waals surface area contributed by atoms with E-state index in [4.69, 9.17) is 4.74 Å². The molecule has 0 saturated heterocycles. The number of rotatable bonds is 6. The number of esters is 1. The summed E-state index contributed by atoms with van der Waals surface area (Å²) in [6.45, 7) is 6.12. The zero-order chi connectivity index (χ0) is 18.5. The fourth-order valence-corrected chi connectivity index (χ4v) is 2.99.